The van der Waals surface area contributed by atoms with Crippen LogP contribution in [0.2, 0.25) is 0 Å². The molecule has 1 atom stereocenters. The summed E-state index contributed by atoms with van der Waals surface area (Å²) in [7, 11) is -3.51. The summed E-state index contributed by atoms with van der Waals surface area (Å²) in [5.74, 6) is 0.729. The maximum absolute atomic E-state index is 12.8. The maximum atomic E-state index is 12.8. The summed E-state index contributed by atoms with van der Waals surface area (Å²) in [4.78, 5) is 0. The van der Waals surface area contributed by atoms with Gasteiger partial charge in [0.15, 0.2) is 0 Å². The third-order valence-electron chi connectivity index (χ3n) is 5.23. The highest BCUT2D eigenvalue weighted by molar-refractivity contribution is 7.48. The molecular formula is C24H52NO4P. The second-order valence-electron chi connectivity index (χ2n) is 8.88. The van der Waals surface area contributed by atoms with E-state index in [1.165, 1.54) is 70.6 Å². The Labute approximate surface area is 188 Å². The van der Waals surface area contributed by atoms with Gasteiger partial charge in [-0.25, -0.2) is 4.57 Å². The molecule has 0 aromatic rings. The molecule has 0 aliphatic heterocycles. The van der Waals surface area contributed by atoms with E-state index in [-0.39, 0.29) is 0 Å². The molecule has 0 aromatic heterocycles. The Bertz CT molecular complexity index is 393. The Balaban J connectivity index is 3.81. The monoisotopic (exact) mass is 449 g/mol. The van der Waals surface area contributed by atoms with Crippen molar-refractivity contribution in [2.24, 2.45) is 5.92 Å². The van der Waals surface area contributed by atoms with Crippen molar-refractivity contribution in [2.75, 3.05) is 19.8 Å². The highest BCUT2D eigenvalue weighted by Crippen LogP contribution is 2.48. The third kappa shape index (κ3) is 21.3. The fourth-order valence-electron chi connectivity index (χ4n) is 3.23. The fourth-order valence-corrected chi connectivity index (χ4v) is 4.36. The normalized spacial score (nSPS) is 13.8. The fraction of sp³-hybridized carbons (Fsp3) is 1.00. The first-order valence-electron chi connectivity index (χ1n) is 12.8. The Morgan fingerprint density at radius 1 is 0.667 bits per heavy atom. The van der Waals surface area contributed by atoms with Crippen molar-refractivity contribution < 1.29 is 18.2 Å². The smallest absolute Gasteiger partial charge is 0.286 e. The number of hydroxylamine groups is 1. The van der Waals surface area contributed by atoms with E-state index in [0.29, 0.717) is 19.8 Å². The molecular weight excluding hydrogens is 397 g/mol. The van der Waals surface area contributed by atoms with Gasteiger partial charge < -0.3 is 0 Å². The molecule has 0 heterocycles. The van der Waals surface area contributed by atoms with Crippen molar-refractivity contribution in [3.8, 4) is 0 Å². The van der Waals surface area contributed by atoms with Crippen molar-refractivity contribution in [3.63, 3.8) is 0 Å². The number of phosphoric ester groups is 1. The second-order valence-corrected chi connectivity index (χ2v) is 10.5. The molecule has 0 aliphatic rings. The highest BCUT2D eigenvalue weighted by atomic mass is 31.2. The van der Waals surface area contributed by atoms with Gasteiger partial charge in [-0.15, -0.1) is 0 Å². The number of hydrogen-bond donors (Lipinski definition) is 1. The van der Waals surface area contributed by atoms with Crippen molar-refractivity contribution >= 4 is 7.82 Å². The molecule has 182 valence electrons. The molecule has 1 N–H and O–H groups in total. The zero-order valence-electron chi connectivity index (χ0n) is 20.6. The standard InChI is InChI=1S/C24H52NO4P/c1-5-7-9-10-11-12-13-14-15-18-21-25-29-30(26,27-22-8-6-2)28-23-19-16-17-20-24(3)4/h24-25H,5-23H2,1-4H3. The van der Waals surface area contributed by atoms with Crippen LogP contribution in [0.15, 0.2) is 0 Å². The Hall–Kier alpha value is 0.0700. The summed E-state index contributed by atoms with van der Waals surface area (Å²) in [6.45, 7) is 10.3. The van der Waals surface area contributed by atoms with E-state index in [4.69, 9.17) is 13.7 Å². The van der Waals surface area contributed by atoms with Crippen LogP contribution in [0.4, 0.5) is 0 Å². The van der Waals surface area contributed by atoms with Crippen LogP contribution in [0.3, 0.4) is 0 Å². The molecule has 0 rings (SSSR count). The number of nitrogens with one attached hydrogen (secondary N) is 1. The summed E-state index contributed by atoms with van der Waals surface area (Å²) < 4.78 is 29.1. The van der Waals surface area contributed by atoms with Crippen molar-refractivity contribution in [2.45, 2.75) is 130 Å². The molecule has 0 radical (unpaired) electrons. The van der Waals surface area contributed by atoms with Gasteiger partial charge in [0.05, 0.1) is 13.2 Å². The predicted molar refractivity (Wildman–Crippen MR) is 129 cm³/mol. The van der Waals surface area contributed by atoms with E-state index in [2.05, 4.69) is 33.2 Å². The molecule has 5 nitrogen and oxygen atoms in total. The summed E-state index contributed by atoms with van der Waals surface area (Å²) in [6.07, 6.45) is 19.1. The Morgan fingerprint density at radius 3 is 1.73 bits per heavy atom. The lowest BCUT2D eigenvalue weighted by molar-refractivity contribution is 0.0691. The van der Waals surface area contributed by atoms with Crippen molar-refractivity contribution in [1.29, 1.82) is 0 Å². The molecule has 0 aliphatic carbocycles. The zero-order chi connectivity index (χ0) is 22.3. The minimum atomic E-state index is -3.51. The summed E-state index contributed by atoms with van der Waals surface area (Å²) in [5, 5.41) is 0. The van der Waals surface area contributed by atoms with Gasteiger partial charge in [-0.3, -0.25) is 9.05 Å². The van der Waals surface area contributed by atoms with Gasteiger partial charge in [-0.05, 0) is 25.2 Å². The lowest BCUT2D eigenvalue weighted by Gasteiger charge is -2.18. The SMILES string of the molecule is CCCCCCCCCCCCNOP(=O)(OCCCC)OCCCCCC(C)C. The molecule has 0 saturated heterocycles. The van der Waals surface area contributed by atoms with Crippen LogP contribution < -0.4 is 5.48 Å². The lowest BCUT2D eigenvalue weighted by Crippen LogP contribution is -2.17. The van der Waals surface area contributed by atoms with Gasteiger partial charge in [0.25, 0.3) is 0 Å². The summed E-state index contributed by atoms with van der Waals surface area (Å²) in [6, 6.07) is 0. The molecule has 0 spiro atoms. The molecule has 6 heteroatoms. The van der Waals surface area contributed by atoms with Crippen LogP contribution >= 0.6 is 7.82 Å². The summed E-state index contributed by atoms with van der Waals surface area (Å²) in [5.41, 5.74) is 2.83. The Morgan fingerprint density at radius 2 is 1.17 bits per heavy atom. The van der Waals surface area contributed by atoms with Gasteiger partial charge in [-0.2, -0.15) is 10.1 Å². The molecule has 0 saturated carbocycles. The topological polar surface area (TPSA) is 56.8 Å². The molecule has 0 fully saturated rings. The number of hydrogen-bond acceptors (Lipinski definition) is 5. The first-order chi connectivity index (χ1) is 14.5. The largest absolute Gasteiger partial charge is 0.491 e. The van der Waals surface area contributed by atoms with E-state index >= 15 is 0 Å². The van der Waals surface area contributed by atoms with Crippen molar-refractivity contribution in [1.82, 2.24) is 5.48 Å². The minimum absolute atomic E-state index is 0.404. The number of unbranched alkanes of at least 4 members (excludes halogenated alkanes) is 12. The van der Waals surface area contributed by atoms with Crippen LogP contribution in [-0.2, 0) is 18.2 Å². The van der Waals surface area contributed by atoms with Crippen molar-refractivity contribution in [3.05, 3.63) is 0 Å². The highest BCUT2D eigenvalue weighted by Gasteiger charge is 2.26. The lowest BCUT2D eigenvalue weighted by atomic mass is 10.1. The van der Waals surface area contributed by atoms with Crippen LogP contribution in [0.25, 0.3) is 0 Å². The average molecular weight is 450 g/mol. The predicted octanol–water partition coefficient (Wildman–Crippen LogP) is 8.59. The van der Waals surface area contributed by atoms with Gasteiger partial charge in [0, 0.05) is 6.54 Å². The second kappa shape index (κ2) is 22.3. The first kappa shape index (κ1) is 30.1. The van der Waals surface area contributed by atoms with E-state index in [1.807, 2.05) is 0 Å². The van der Waals surface area contributed by atoms with Gasteiger partial charge in [0.2, 0.25) is 0 Å². The number of phosphoric acid groups is 1. The summed E-state index contributed by atoms with van der Waals surface area (Å²) >= 11 is 0. The van der Waals surface area contributed by atoms with Crippen LogP contribution in [-0.4, -0.2) is 19.8 Å². The van der Waals surface area contributed by atoms with Gasteiger partial charge in [0.1, 0.15) is 0 Å². The van der Waals surface area contributed by atoms with Gasteiger partial charge in [-0.1, -0.05) is 111 Å². The zero-order valence-corrected chi connectivity index (χ0v) is 21.5. The van der Waals surface area contributed by atoms with E-state index in [9.17, 15) is 4.57 Å². The van der Waals surface area contributed by atoms with E-state index in [1.54, 1.807) is 0 Å². The van der Waals surface area contributed by atoms with Gasteiger partial charge >= 0.3 is 7.82 Å². The van der Waals surface area contributed by atoms with Crippen LogP contribution in [0, 0.1) is 5.92 Å². The molecule has 0 bridgehead atoms. The molecule has 0 amide bonds. The van der Waals surface area contributed by atoms with E-state index < -0.39 is 7.82 Å². The number of rotatable bonds is 24. The first-order valence-corrected chi connectivity index (χ1v) is 14.3. The molecule has 0 aromatic carbocycles. The van der Waals surface area contributed by atoms with Crippen LogP contribution in [0.5, 0.6) is 0 Å². The third-order valence-corrected chi connectivity index (χ3v) is 6.58. The molecule has 1 unspecified atom stereocenters. The average Bonchev–Trinajstić information content (AvgIpc) is 2.71. The maximum Gasteiger partial charge on any atom is 0.491 e. The van der Waals surface area contributed by atoms with E-state index in [0.717, 1.165) is 38.0 Å². The molecule has 30 heavy (non-hydrogen) atoms. The Kier molecular flexibility index (Phi) is 22.3. The quantitative estimate of drug-likeness (QED) is 0.0908. The van der Waals surface area contributed by atoms with Crippen LogP contribution in [0.1, 0.15) is 130 Å². The minimum Gasteiger partial charge on any atom is -0.286 e.